The van der Waals surface area contributed by atoms with E-state index in [-0.39, 0.29) is 4.99 Å². The van der Waals surface area contributed by atoms with Crippen LogP contribution in [0.5, 0.6) is 11.5 Å². The number of thiocarbonyl (C=S) groups is 1. The molecule has 0 aliphatic carbocycles. The zero-order valence-electron chi connectivity index (χ0n) is 10.9. The van der Waals surface area contributed by atoms with E-state index in [4.69, 9.17) is 39.0 Å². The van der Waals surface area contributed by atoms with Crippen molar-refractivity contribution in [3.63, 3.8) is 0 Å². The molecule has 2 aromatic rings. The van der Waals surface area contributed by atoms with E-state index < -0.39 is 0 Å². The fraction of sp³-hybridized carbons (Fsp3) is 0.133. The van der Waals surface area contributed by atoms with Gasteiger partial charge in [0.05, 0.1) is 12.7 Å². The van der Waals surface area contributed by atoms with Crippen molar-refractivity contribution < 1.29 is 9.47 Å². The third-order valence-corrected chi connectivity index (χ3v) is 3.38. The fourth-order valence-electron chi connectivity index (χ4n) is 1.78. The molecule has 0 heterocycles. The SMILES string of the molecule is COc1cccc(C(N)=S)c1OCc1ccccc1Cl. The van der Waals surface area contributed by atoms with Crippen molar-refractivity contribution in [2.24, 2.45) is 5.73 Å². The first-order valence-corrected chi connectivity index (χ1v) is 6.75. The lowest BCUT2D eigenvalue weighted by Gasteiger charge is -2.14. The molecular formula is C15H14ClNO2S. The standard InChI is InChI=1S/C15H14ClNO2S/c1-18-13-8-4-6-11(15(17)20)14(13)19-9-10-5-2-3-7-12(10)16/h2-8H,9H2,1H3,(H2,17,20). The van der Waals surface area contributed by atoms with E-state index in [1.165, 1.54) is 0 Å². The Hall–Kier alpha value is -1.78. The second-order valence-electron chi connectivity index (χ2n) is 4.08. The Morgan fingerprint density at radius 3 is 2.60 bits per heavy atom. The number of rotatable bonds is 5. The quantitative estimate of drug-likeness (QED) is 0.858. The predicted molar refractivity (Wildman–Crippen MR) is 84.7 cm³/mol. The van der Waals surface area contributed by atoms with Gasteiger partial charge in [0.15, 0.2) is 11.5 Å². The molecular weight excluding hydrogens is 294 g/mol. The highest BCUT2D eigenvalue weighted by Crippen LogP contribution is 2.32. The third-order valence-electron chi connectivity index (χ3n) is 2.79. The molecule has 0 aliphatic heterocycles. The first-order chi connectivity index (χ1) is 9.63. The molecule has 0 amide bonds. The van der Waals surface area contributed by atoms with Crippen LogP contribution in [0.1, 0.15) is 11.1 Å². The predicted octanol–water partition coefficient (Wildman–Crippen LogP) is 3.56. The van der Waals surface area contributed by atoms with E-state index in [0.29, 0.717) is 28.7 Å². The summed E-state index contributed by atoms with van der Waals surface area (Å²) in [6.07, 6.45) is 0. The van der Waals surface area contributed by atoms with Gasteiger partial charge in [0, 0.05) is 10.6 Å². The van der Waals surface area contributed by atoms with E-state index in [0.717, 1.165) is 5.56 Å². The summed E-state index contributed by atoms with van der Waals surface area (Å²) in [6, 6.07) is 12.9. The topological polar surface area (TPSA) is 44.5 Å². The number of para-hydroxylation sites is 1. The van der Waals surface area contributed by atoms with Crippen LogP contribution in [0.3, 0.4) is 0 Å². The Balaban J connectivity index is 2.29. The van der Waals surface area contributed by atoms with E-state index in [1.54, 1.807) is 19.2 Å². The first-order valence-electron chi connectivity index (χ1n) is 5.96. The van der Waals surface area contributed by atoms with Crippen LogP contribution in [0.2, 0.25) is 5.02 Å². The van der Waals surface area contributed by atoms with Crippen LogP contribution in [0, 0.1) is 0 Å². The molecule has 2 aromatic carbocycles. The van der Waals surface area contributed by atoms with Gasteiger partial charge in [-0.05, 0) is 18.2 Å². The molecule has 0 unspecified atom stereocenters. The maximum absolute atomic E-state index is 6.10. The van der Waals surface area contributed by atoms with Gasteiger partial charge in [0.2, 0.25) is 0 Å². The van der Waals surface area contributed by atoms with Gasteiger partial charge in [-0.2, -0.15) is 0 Å². The highest BCUT2D eigenvalue weighted by Gasteiger charge is 2.13. The van der Waals surface area contributed by atoms with E-state index in [2.05, 4.69) is 0 Å². The average Bonchev–Trinajstić information content (AvgIpc) is 2.46. The Morgan fingerprint density at radius 2 is 1.95 bits per heavy atom. The maximum Gasteiger partial charge on any atom is 0.171 e. The average molecular weight is 308 g/mol. The molecule has 0 bridgehead atoms. The van der Waals surface area contributed by atoms with Gasteiger partial charge >= 0.3 is 0 Å². The van der Waals surface area contributed by atoms with Crippen molar-refractivity contribution in [3.05, 3.63) is 58.6 Å². The van der Waals surface area contributed by atoms with Gasteiger partial charge in [-0.1, -0.05) is 48.1 Å². The molecule has 0 fully saturated rings. The molecule has 0 spiro atoms. The number of methoxy groups -OCH3 is 1. The summed E-state index contributed by atoms with van der Waals surface area (Å²) in [6.45, 7) is 0.315. The summed E-state index contributed by atoms with van der Waals surface area (Å²) in [7, 11) is 1.57. The molecule has 0 aliphatic rings. The van der Waals surface area contributed by atoms with Crippen molar-refractivity contribution in [1.82, 2.24) is 0 Å². The van der Waals surface area contributed by atoms with Crippen LogP contribution in [0.25, 0.3) is 0 Å². The monoisotopic (exact) mass is 307 g/mol. The van der Waals surface area contributed by atoms with E-state index in [1.807, 2.05) is 30.3 Å². The van der Waals surface area contributed by atoms with Crippen molar-refractivity contribution in [3.8, 4) is 11.5 Å². The highest BCUT2D eigenvalue weighted by molar-refractivity contribution is 7.80. The second-order valence-corrected chi connectivity index (χ2v) is 4.93. The highest BCUT2D eigenvalue weighted by atomic mass is 35.5. The molecule has 20 heavy (non-hydrogen) atoms. The summed E-state index contributed by atoms with van der Waals surface area (Å²) in [5.74, 6) is 1.12. The molecule has 104 valence electrons. The number of nitrogens with two attached hydrogens (primary N) is 1. The summed E-state index contributed by atoms with van der Waals surface area (Å²) in [4.78, 5) is 0.262. The molecule has 5 heteroatoms. The Morgan fingerprint density at radius 1 is 1.20 bits per heavy atom. The third kappa shape index (κ3) is 3.21. The van der Waals surface area contributed by atoms with Crippen LogP contribution < -0.4 is 15.2 Å². The van der Waals surface area contributed by atoms with E-state index >= 15 is 0 Å². The molecule has 2 N–H and O–H groups in total. The number of halogens is 1. The molecule has 0 radical (unpaired) electrons. The van der Waals surface area contributed by atoms with E-state index in [9.17, 15) is 0 Å². The Bertz CT molecular complexity index is 631. The number of hydrogen-bond donors (Lipinski definition) is 1. The summed E-state index contributed by atoms with van der Waals surface area (Å²) in [5.41, 5.74) is 7.23. The summed E-state index contributed by atoms with van der Waals surface area (Å²) >= 11 is 11.1. The molecule has 0 atom stereocenters. The lowest BCUT2D eigenvalue weighted by Crippen LogP contribution is -2.12. The maximum atomic E-state index is 6.10. The number of benzene rings is 2. The number of hydrogen-bond acceptors (Lipinski definition) is 3. The van der Waals surface area contributed by atoms with Gasteiger partial charge in [-0.25, -0.2) is 0 Å². The van der Waals surface area contributed by atoms with Gasteiger partial charge in [-0.3, -0.25) is 0 Å². The van der Waals surface area contributed by atoms with Crippen molar-refractivity contribution in [2.45, 2.75) is 6.61 Å². The molecule has 2 rings (SSSR count). The van der Waals surface area contributed by atoms with Crippen LogP contribution in [0.4, 0.5) is 0 Å². The van der Waals surface area contributed by atoms with Crippen molar-refractivity contribution in [1.29, 1.82) is 0 Å². The summed E-state index contributed by atoms with van der Waals surface area (Å²) in [5, 5.41) is 0.652. The van der Waals surface area contributed by atoms with Crippen molar-refractivity contribution in [2.75, 3.05) is 7.11 Å². The van der Waals surface area contributed by atoms with Crippen LogP contribution >= 0.6 is 23.8 Å². The molecule has 0 aromatic heterocycles. The zero-order chi connectivity index (χ0) is 14.5. The van der Waals surface area contributed by atoms with Gasteiger partial charge < -0.3 is 15.2 Å². The van der Waals surface area contributed by atoms with Crippen molar-refractivity contribution >= 4 is 28.8 Å². The fourth-order valence-corrected chi connectivity index (χ4v) is 2.14. The minimum Gasteiger partial charge on any atom is -0.493 e. The van der Waals surface area contributed by atoms with Crippen LogP contribution in [0.15, 0.2) is 42.5 Å². The molecule has 3 nitrogen and oxygen atoms in total. The Kier molecular flexibility index (Phi) is 4.82. The molecule has 0 saturated heterocycles. The minimum atomic E-state index is 0.262. The van der Waals surface area contributed by atoms with Crippen LogP contribution in [-0.2, 0) is 6.61 Å². The first kappa shape index (κ1) is 14.6. The van der Waals surface area contributed by atoms with Gasteiger partial charge in [-0.15, -0.1) is 0 Å². The van der Waals surface area contributed by atoms with Crippen LogP contribution in [-0.4, -0.2) is 12.1 Å². The molecule has 0 saturated carbocycles. The summed E-state index contributed by atoms with van der Waals surface area (Å²) < 4.78 is 11.1. The van der Waals surface area contributed by atoms with Gasteiger partial charge in [0.25, 0.3) is 0 Å². The number of ether oxygens (including phenoxy) is 2. The lowest BCUT2D eigenvalue weighted by atomic mass is 10.2. The zero-order valence-corrected chi connectivity index (χ0v) is 12.5. The van der Waals surface area contributed by atoms with Gasteiger partial charge in [0.1, 0.15) is 11.6 Å². The minimum absolute atomic E-state index is 0.262. The normalized spacial score (nSPS) is 10.1. The second kappa shape index (κ2) is 6.59. The largest absolute Gasteiger partial charge is 0.493 e. The lowest BCUT2D eigenvalue weighted by molar-refractivity contribution is 0.284. The Labute approximate surface area is 128 Å². The smallest absolute Gasteiger partial charge is 0.171 e.